The number of phenolic OH excluding ortho intramolecular Hbond substituents is 1. The van der Waals surface area contributed by atoms with E-state index < -0.39 is 11.4 Å². The van der Waals surface area contributed by atoms with Gasteiger partial charge in [0, 0.05) is 38.4 Å². The van der Waals surface area contributed by atoms with Gasteiger partial charge in [-0.25, -0.2) is 0 Å². The lowest BCUT2D eigenvalue weighted by atomic mass is 9.84. The van der Waals surface area contributed by atoms with Crippen LogP contribution < -0.4 is 11.1 Å². The lowest BCUT2D eigenvalue weighted by molar-refractivity contribution is -0.128. The third-order valence-electron chi connectivity index (χ3n) is 6.69. The van der Waals surface area contributed by atoms with Crippen molar-refractivity contribution in [3.8, 4) is 22.9 Å². The Hall–Kier alpha value is -4.36. The van der Waals surface area contributed by atoms with E-state index in [9.17, 15) is 20.0 Å². The van der Waals surface area contributed by atoms with Gasteiger partial charge in [0.15, 0.2) is 5.82 Å². The van der Waals surface area contributed by atoms with Crippen molar-refractivity contribution >= 4 is 18.2 Å². The molecule has 1 fully saturated rings. The van der Waals surface area contributed by atoms with Crippen molar-refractivity contribution in [1.82, 2.24) is 14.7 Å². The molecule has 1 aliphatic heterocycles. The fourth-order valence-electron chi connectivity index (χ4n) is 4.61. The molecule has 10 heteroatoms. The minimum atomic E-state index is -0.547. The maximum atomic E-state index is 11.8. The molecule has 2 aromatic carbocycles. The third-order valence-corrected chi connectivity index (χ3v) is 6.69. The highest BCUT2D eigenvalue weighted by Crippen LogP contribution is 2.36. The summed E-state index contributed by atoms with van der Waals surface area (Å²) in [6.07, 6.45) is 3.40. The first-order chi connectivity index (χ1) is 18.4. The number of nitriles is 1. The Bertz CT molecular complexity index is 1260. The second kappa shape index (κ2) is 13.3. The van der Waals surface area contributed by atoms with Crippen LogP contribution in [-0.4, -0.2) is 58.9 Å². The van der Waals surface area contributed by atoms with Crippen LogP contribution in [0.1, 0.15) is 42.1 Å². The van der Waals surface area contributed by atoms with Crippen LogP contribution in [0, 0.1) is 11.3 Å². The van der Waals surface area contributed by atoms with Gasteiger partial charge < -0.3 is 20.9 Å². The van der Waals surface area contributed by atoms with E-state index in [1.807, 2.05) is 48.5 Å². The summed E-state index contributed by atoms with van der Waals surface area (Å²) in [5.41, 5.74) is 8.17. The Morgan fingerprint density at radius 2 is 1.97 bits per heavy atom. The van der Waals surface area contributed by atoms with Crippen LogP contribution in [0.25, 0.3) is 11.1 Å². The molecule has 0 unspecified atom stereocenters. The van der Waals surface area contributed by atoms with E-state index in [1.165, 1.54) is 0 Å². The number of hydrogen-bond donors (Lipinski definition) is 3. The van der Waals surface area contributed by atoms with Gasteiger partial charge >= 0.3 is 0 Å². The number of benzene rings is 2. The Kier molecular flexibility index (Phi) is 9.85. The SMILES string of the molecule is CCOC=O.CNc1nn(C2(CC#N)CCN(Cc3ccc(-c4ccccc4)c(O)c3)CC2)cc1C(N)=O. The van der Waals surface area contributed by atoms with Gasteiger partial charge in [-0.1, -0.05) is 42.5 Å². The number of ether oxygens (including phenoxy) is 1. The molecule has 1 saturated heterocycles. The van der Waals surface area contributed by atoms with E-state index in [1.54, 1.807) is 24.9 Å². The van der Waals surface area contributed by atoms with Gasteiger partial charge in [0.2, 0.25) is 0 Å². The Balaban J connectivity index is 0.000000732. The molecule has 2 heterocycles. The van der Waals surface area contributed by atoms with Crippen molar-refractivity contribution in [2.24, 2.45) is 5.73 Å². The van der Waals surface area contributed by atoms with Crippen LogP contribution >= 0.6 is 0 Å². The smallest absolute Gasteiger partial charge is 0.293 e. The predicted octanol–water partition coefficient (Wildman–Crippen LogP) is 3.48. The molecular weight excluding hydrogens is 484 g/mol. The van der Waals surface area contributed by atoms with Gasteiger partial charge in [-0.2, -0.15) is 10.4 Å². The normalized spacial score (nSPS) is 14.4. The summed E-state index contributed by atoms with van der Waals surface area (Å²) in [6, 6.07) is 17.9. The molecule has 3 aromatic rings. The topological polar surface area (TPSA) is 146 Å². The zero-order valence-corrected chi connectivity index (χ0v) is 21.8. The molecule has 0 radical (unpaired) electrons. The van der Waals surface area contributed by atoms with E-state index in [4.69, 9.17) is 5.73 Å². The maximum Gasteiger partial charge on any atom is 0.293 e. The van der Waals surface area contributed by atoms with Crippen molar-refractivity contribution in [3.63, 3.8) is 0 Å². The number of anilines is 1. The highest BCUT2D eigenvalue weighted by molar-refractivity contribution is 5.97. The van der Waals surface area contributed by atoms with Crippen LogP contribution in [0.2, 0.25) is 0 Å². The standard InChI is InChI=1S/C25H28N6O2.C3H6O2/c1-28-24-21(23(27)33)17-31(29-24)25(9-12-26)10-13-30(14-11-25)16-18-7-8-20(22(32)15-18)19-5-3-2-4-6-19;1-2-5-3-4/h2-8,15,17,32H,9-11,13-14,16H2,1H3,(H2,27,33)(H,28,29);3H,2H2,1H3. The molecule has 0 saturated carbocycles. The quantitative estimate of drug-likeness (QED) is 0.365. The van der Waals surface area contributed by atoms with Gasteiger partial charge in [-0.05, 0) is 37.0 Å². The number of rotatable bonds is 9. The van der Waals surface area contributed by atoms with Crippen LogP contribution in [0.4, 0.5) is 5.82 Å². The summed E-state index contributed by atoms with van der Waals surface area (Å²) >= 11 is 0. The molecule has 4 N–H and O–H groups in total. The van der Waals surface area contributed by atoms with Crippen molar-refractivity contribution in [2.75, 3.05) is 32.1 Å². The monoisotopic (exact) mass is 518 g/mol. The summed E-state index contributed by atoms with van der Waals surface area (Å²) < 4.78 is 5.90. The van der Waals surface area contributed by atoms with Gasteiger partial charge in [-0.3, -0.25) is 19.2 Å². The molecule has 200 valence electrons. The summed E-state index contributed by atoms with van der Waals surface area (Å²) in [6.45, 7) is 4.91. The third kappa shape index (κ3) is 6.69. The Labute approximate surface area is 222 Å². The number of nitrogens with zero attached hydrogens (tertiary/aromatic N) is 4. The predicted molar refractivity (Wildman–Crippen MR) is 144 cm³/mol. The van der Waals surface area contributed by atoms with Crippen LogP contribution in [0.5, 0.6) is 5.75 Å². The number of aromatic nitrogens is 2. The average molecular weight is 519 g/mol. The van der Waals surface area contributed by atoms with E-state index in [2.05, 4.69) is 26.1 Å². The van der Waals surface area contributed by atoms with Gasteiger partial charge in [0.25, 0.3) is 12.4 Å². The van der Waals surface area contributed by atoms with E-state index in [0.717, 1.165) is 42.6 Å². The summed E-state index contributed by atoms with van der Waals surface area (Å²) in [5.74, 6) is 0.148. The molecule has 1 aromatic heterocycles. The Morgan fingerprint density at radius 1 is 1.26 bits per heavy atom. The fourth-order valence-corrected chi connectivity index (χ4v) is 4.61. The van der Waals surface area contributed by atoms with Crippen molar-refractivity contribution < 1.29 is 19.4 Å². The number of piperidine rings is 1. The van der Waals surface area contributed by atoms with Crippen molar-refractivity contribution in [2.45, 2.75) is 38.3 Å². The average Bonchev–Trinajstić information content (AvgIpc) is 3.37. The molecule has 0 bridgehead atoms. The number of carbonyl (C=O) groups is 2. The number of aromatic hydroxyl groups is 1. The number of nitrogens with one attached hydrogen (secondary N) is 1. The highest BCUT2D eigenvalue weighted by Gasteiger charge is 2.38. The Morgan fingerprint density at radius 3 is 2.47 bits per heavy atom. The number of likely N-dealkylation sites (tertiary alicyclic amines) is 1. The summed E-state index contributed by atoms with van der Waals surface area (Å²) in [5, 5.41) is 27.5. The first-order valence-corrected chi connectivity index (χ1v) is 12.5. The minimum absolute atomic E-state index is 0.268. The van der Waals surface area contributed by atoms with E-state index in [0.29, 0.717) is 37.4 Å². The lowest BCUT2D eigenvalue weighted by Gasteiger charge is -2.40. The van der Waals surface area contributed by atoms with Crippen molar-refractivity contribution in [1.29, 1.82) is 5.26 Å². The summed E-state index contributed by atoms with van der Waals surface area (Å²) in [4.78, 5) is 23.3. The minimum Gasteiger partial charge on any atom is -0.507 e. The largest absolute Gasteiger partial charge is 0.507 e. The molecule has 1 amide bonds. The second-order valence-electron chi connectivity index (χ2n) is 9.05. The molecule has 0 spiro atoms. The zero-order valence-electron chi connectivity index (χ0n) is 21.8. The molecule has 0 aliphatic carbocycles. The van der Waals surface area contributed by atoms with Crippen molar-refractivity contribution in [3.05, 3.63) is 65.9 Å². The summed E-state index contributed by atoms with van der Waals surface area (Å²) in [7, 11) is 1.69. The first kappa shape index (κ1) is 28.2. The van der Waals surface area contributed by atoms with Crippen LogP contribution in [0.15, 0.2) is 54.7 Å². The number of phenols is 1. The van der Waals surface area contributed by atoms with Gasteiger partial charge in [-0.15, -0.1) is 0 Å². The number of hydrogen-bond acceptors (Lipinski definition) is 8. The fraction of sp³-hybridized carbons (Fsp3) is 0.357. The van der Waals surface area contributed by atoms with Crippen LogP contribution in [-0.2, 0) is 21.6 Å². The van der Waals surface area contributed by atoms with E-state index in [-0.39, 0.29) is 5.75 Å². The number of amides is 1. The highest BCUT2D eigenvalue weighted by atomic mass is 16.5. The number of nitrogens with two attached hydrogens (primary N) is 1. The van der Waals surface area contributed by atoms with Crippen LogP contribution in [0.3, 0.4) is 0 Å². The number of carbonyl (C=O) groups excluding carboxylic acids is 2. The molecule has 1 aliphatic rings. The first-order valence-electron chi connectivity index (χ1n) is 12.5. The molecule has 0 atom stereocenters. The second-order valence-corrected chi connectivity index (χ2v) is 9.05. The van der Waals surface area contributed by atoms with Gasteiger partial charge in [0.1, 0.15) is 11.3 Å². The van der Waals surface area contributed by atoms with E-state index >= 15 is 0 Å². The molecule has 4 rings (SSSR count). The maximum absolute atomic E-state index is 11.8. The molecular formula is C28H34N6O4. The molecule has 38 heavy (non-hydrogen) atoms. The zero-order chi connectivity index (χ0) is 27.5. The van der Waals surface area contributed by atoms with Gasteiger partial charge in [0.05, 0.1) is 24.6 Å². The number of primary amides is 1. The lowest BCUT2D eigenvalue weighted by Crippen LogP contribution is -2.46. The molecule has 10 nitrogen and oxygen atoms in total.